The second-order valence-electron chi connectivity index (χ2n) is 5.06. The van der Waals surface area contributed by atoms with E-state index in [0.29, 0.717) is 12.4 Å². The van der Waals surface area contributed by atoms with Gasteiger partial charge in [0.05, 0.1) is 12.5 Å². The number of benzene rings is 1. The van der Waals surface area contributed by atoms with Crippen molar-refractivity contribution < 1.29 is 4.79 Å². The van der Waals surface area contributed by atoms with Crippen molar-refractivity contribution in [2.75, 3.05) is 23.3 Å². The van der Waals surface area contributed by atoms with Crippen LogP contribution in [0.1, 0.15) is 31.9 Å². The maximum Gasteiger partial charge on any atom is 0.229 e. The Bertz CT molecular complexity index is 630. The van der Waals surface area contributed by atoms with Gasteiger partial charge in [0.15, 0.2) is 0 Å². The number of nitrogens with one attached hydrogen (secondary N) is 1. The summed E-state index contributed by atoms with van der Waals surface area (Å²) in [4.78, 5) is 18.1. The molecule has 0 radical (unpaired) electrons. The Morgan fingerprint density at radius 2 is 2.00 bits per heavy atom. The number of fused-ring (bicyclic) bond motifs is 1. The molecule has 0 saturated carbocycles. The topological polar surface area (TPSA) is 63.1 Å². The molecule has 1 amide bonds. The zero-order chi connectivity index (χ0) is 14.8. The number of carbonyl (C=O) groups excluding carboxylic acids is 1. The third-order valence-corrected chi connectivity index (χ3v) is 3.90. The van der Waals surface area contributed by atoms with Gasteiger partial charge in [-0.25, -0.2) is 4.68 Å². The minimum Gasteiger partial charge on any atom is -0.372 e. The van der Waals surface area contributed by atoms with Crippen LogP contribution in [0.4, 0.5) is 11.6 Å². The van der Waals surface area contributed by atoms with E-state index in [9.17, 15) is 4.79 Å². The Morgan fingerprint density at radius 1 is 1.29 bits per heavy atom. The molecule has 6 nitrogen and oxygen atoms in total. The largest absolute Gasteiger partial charge is 0.372 e. The predicted octanol–water partition coefficient (Wildman–Crippen LogP) is 2.06. The molecule has 0 saturated heterocycles. The molecule has 1 aliphatic heterocycles. The van der Waals surface area contributed by atoms with Crippen molar-refractivity contribution in [1.29, 1.82) is 0 Å². The van der Waals surface area contributed by atoms with Gasteiger partial charge in [-0.1, -0.05) is 12.1 Å². The van der Waals surface area contributed by atoms with Gasteiger partial charge in [0.25, 0.3) is 0 Å². The highest BCUT2D eigenvalue weighted by Gasteiger charge is 2.27. The maximum atomic E-state index is 11.8. The molecule has 2 heterocycles. The molecule has 1 aromatic carbocycles. The van der Waals surface area contributed by atoms with Gasteiger partial charge in [0.1, 0.15) is 6.33 Å². The third-order valence-electron chi connectivity index (χ3n) is 3.90. The van der Waals surface area contributed by atoms with E-state index < -0.39 is 0 Å². The van der Waals surface area contributed by atoms with Crippen LogP contribution >= 0.6 is 0 Å². The Labute approximate surface area is 123 Å². The third kappa shape index (κ3) is 2.49. The van der Waals surface area contributed by atoms with Crippen molar-refractivity contribution in [3.63, 3.8) is 0 Å². The van der Waals surface area contributed by atoms with Crippen LogP contribution in [-0.4, -0.2) is 33.8 Å². The van der Waals surface area contributed by atoms with Crippen LogP contribution in [0.25, 0.3) is 0 Å². The first kappa shape index (κ1) is 13.6. The Morgan fingerprint density at radius 3 is 2.67 bits per heavy atom. The van der Waals surface area contributed by atoms with Crippen LogP contribution in [0, 0.1) is 0 Å². The number of aromatic nitrogens is 3. The first-order valence-corrected chi connectivity index (χ1v) is 7.27. The number of carbonyl (C=O) groups is 1. The van der Waals surface area contributed by atoms with Gasteiger partial charge in [-0.3, -0.25) is 10.1 Å². The van der Waals surface area contributed by atoms with E-state index in [1.54, 1.807) is 4.68 Å². The highest BCUT2D eigenvalue weighted by atomic mass is 16.2. The highest BCUT2D eigenvalue weighted by Crippen LogP contribution is 2.29. The average molecular weight is 285 g/mol. The van der Waals surface area contributed by atoms with Crippen molar-refractivity contribution in [3.8, 4) is 0 Å². The fourth-order valence-electron chi connectivity index (χ4n) is 2.76. The van der Waals surface area contributed by atoms with Gasteiger partial charge < -0.3 is 4.90 Å². The molecule has 0 fully saturated rings. The SMILES string of the molecule is CCN(CC)c1ccc([C@H]2CC(=O)Nc3ncnn32)cc1. The molecular weight excluding hydrogens is 266 g/mol. The van der Waals surface area contributed by atoms with Gasteiger partial charge in [-0.2, -0.15) is 10.1 Å². The van der Waals surface area contributed by atoms with Crippen molar-refractivity contribution in [2.45, 2.75) is 26.3 Å². The fourth-order valence-corrected chi connectivity index (χ4v) is 2.76. The first-order valence-electron chi connectivity index (χ1n) is 7.27. The molecule has 21 heavy (non-hydrogen) atoms. The highest BCUT2D eigenvalue weighted by molar-refractivity contribution is 5.91. The van der Waals surface area contributed by atoms with Crippen molar-refractivity contribution in [2.24, 2.45) is 0 Å². The Kier molecular flexibility index (Phi) is 3.60. The van der Waals surface area contributed by atoms with Crippen molar-refractivity contribution in [1.82, 2.24) is 14.8 Å². The van der Waals surface area contributed by atoms with Gasteiger partial charge in [-0.05, 0) is 31.5 Å². The molecule has 110 valence electrons. The van der Waals surface area contributed by atoms with E-state index in [4.69, 9.17) is 0 Å². The molecule has 6 heteroatoms. The van der Waals surface area contributed by atoms with Crippen molar-refractivity contribution in [3.05, 3.63) is 36.2 Å². The van der Waals surface area contributed by atoms with E-state index in [-0.39, 0.29) is 11.9 Å². The Hall–Kier alpha value is -2.37. The smallest absolute Gasteiger partial charge is 0.229 e. The van der Waals surface area contributed by atoms with Gasteiger partial charge in [0.2, 0.25) is 11.9 Å². The summed E-state index contributed by atoms with van der Waals surface area (Å²) in [6, 6.07) is 8.27. The number of hydrogen-bond donors (Lipinski definition) is 1. The lowest BCUT2D eigenvalue weighted by molar-refractivity contribution is -0.117. The lowest BCUT2D eigenvalue weighted by atomic mass is 10.0. The number of rotatable bonds is 4. The fraction of sp³-hybridized carbons (Fsp3) is 0.400. The zero-order valence-electron chi connectivity index (χ0n) is 12.3. The van der Waals surface area contributed by atoms with Crippen LogP contribution in [-0.2, 0) is 4.79 Å². The van der Waals surface area contributed by atoms with E-state index >= 15 is 0 Å². The standard InChI is InChI=1S/C15H19N5O/c1-3-19(4-2)12-7-5-11(6-8-12)13-9-14(21)18-15-16-10-17-20(13)15/h5-8,10,13H,3-4,9H2,1-2H3,(H,16,17,18,21)/t13-/m1/s1. The summed E-state index contributed by atoms with van der Waals surface area (Å²) in [5, 5.41) is 6.95. The lowest BCUT2D eigenvalue weighted by Crippen LogP contribution is -2.29. The molecule has 3 rings (SSSR count). The predicted molar refractivity (Wildman–Crippen MR) is 81.4 cm³/mol. The number of nitrogens with zero attached hydrogens (tertiary/aromatic N) is 4. The van der Waals surface area contributed by atoms with Crippen LogP contribution < -0.4 is 10.2 Å². The molecule has 0 unspecified atom stereocenters. The minimum absolute atomic E-state index is 0.0201. The summed E-state index contributed by atoms with van der Waals surface area (Å²) < 4.78 is 1.77. The monoisotopic (exact) mass is 285 g/mol. The van der Waals surface area contributed by atoms with E-state index in [1.807, 2.05) is 0 Å². The van der Waals surface area contributed by atoms with Crippen molar-refractivity contribution >= 4 is 17.5 Å². The number of anilines is 2. The molecule has 1 atom stereocenters. The summed E-state index contributed by atoms with van der Waals surface area (Å²) >= 11 is 0. The second-order valence-corrected chi connectivity index (χ2v) is 5.06. The normalized spacial score (nSPS) is 17.2. The van der Waals surface area contributed by atoms with Gasteiger partial charge in [-0.15, -0.1) is 0 Å². The molecule has 0 spiro atoms. The summed E-state index contributed by atoms with van der Waals surface area (Å²) in [6.45, 7) is 6.25. The molecule has 1 aromatic heterocycles. The Balaban J connectivity index is 1.90. The summed E-state index contributed by atoms with van der Waals surface area (Å²) in [7, 11) is 0. The molecule has 0 aliphatic carbocycles. The summed E-state index contributed by atoms with van der Waals surface area (Å²) in [6.07, 6.45) is 1.86. The van der Waals surface area contributed by atoms with Crippen LogP contribution in [0.3, 0.4) is 0 Å². The zero-order valence-corrected chi connectivity index (χ0v) is 12.3. The molecular formula is C15H19N5O. The van der Waals surface area contributed by atoms with E-state index in [2.05, 4.69) is 58.4 Å². The van der Waals surface area contributed by atoms with E-state index in [0.717, 1.165) is 18.7 Å². The second kappa shape index (κ2) is 5.55. The van der Waals surface area contributed by atoms with Crippen LogP contribution in [0.2, 0.25) is 0 Å². The summed E-state index contributed by atoms with van der Waals surface area (Å²) in [5.41, 5.74) is 2.27. The number of hydrogen-bond acceptors (Lipinski definition) is 4. The van der Waals surface area contributed by atoms with Gasteiger partial charge in [0, 0.05) is 18.8 Å². The number of amides is 1. The molecule has 1 N–H and O–H groups in total. The quantitative estimate of drug-likeness (QED) is 0.934. The molecule has 2 aromatic rings. The maximum absolute atomic E-state index is 11.8. The van der Waals surface area contributed by atoms with Gasteiger partial charge >= 0.3 is 0 Å². The summed E-state index contributed by atoms with van der Waals surface area (Å²) in [5.74, 6) is 0.498. The average Bonchev–Trinajstić information content (AvgIpc) is 2.96. The first-order chi connectivity index (χ1) is 10.2. The lowest BCUT2D eigenvalue weighted by Gasteiger charge is -2.25. The van der Waals surface area contributed by atoms with Crippen LogP contribution in [0.5, 0.6) is 0 Å². The molecule has 0 bridgehead atoms. The minimum atomic E-state index is -0.0815. The van der Waals surface area contributed by atoms with Crippen LogP contribution in [0.15, 0.2) is 30.6 Å². The molecule has 1 aliphatic rings. The van der Waals surface area contributed by atoms with E-state index in [1.165, 1.54) is 12.0 Å².